The molecule has 1 saturated heterocycles. The summed E-state index contributed by atoms with van der Waals surface area (Å²) in [7, 11) is 0. The van der Waals surface area contributed by atoms with Crippen molar-refractivity contribution in [3.05, 3.63) is 34.1 Å². The Morgan fingerprint density at radius 2 is 2.21 bits per heavy atom. The van der Waals surface area contributed by atoms with Crippen molar-refractivity contribution in [2.75, 3.05) is 0 Å². The van der Waals surface area contributed by atoms with Gasteiger partial charge in [0.15, 0.2) is 0 Å². The largest absolute Gasteiger partial charge is 0.350 e. The quantitative estimate of drug-likeness (QED) is 0.894. The van der Waals surface area contributed by atoms with Gasteiger partial charge in [-0.1, -0.05) is 29.8 Å². The molecule has 1 unspecified atom stereocenters. The van der Waals surface area contributed by atoms with Crippen LogP contribution in [0.15, 0.2) is 22.7 Å². The van der Waals surface area contributed by atoms with Gasteiger partial charge < -0.3 is 5.32 Å². The maximum atomic E-state index is 13.9. The topological polar surface area (TPSA) is 29.1 Å². The fraction of sp³-hybridized carbons (Fsp3) is 0.533. The van der Waals surface area contributed by atoms with Crippen molar-refractivity contribution in [3.8, 4) is 0 Å². The maximum Gasteiger partial charge on any atom is 0.220 e. The molecule has 0 spiro atoms. The molecule has 1 aromatic carbocycles. The molecule has 0 saturated carbocycles. The fourth-order valence-corrected chi connectivity index (χ4v) is 3.36. The lowest BCUT2D eigenvalue weighted by molar-refractivity contribution is -0.119. The van der Waals surface area contributed by atoms with Gasteiger partial charge in [-0.15, -0.1) is 0 Å². The molecule has 1 aliphatic heterocycles. The Balaban J connectivity index is 2.25. The van der Waals surface area contributed by atoms with E-state index in [1.165, 1.54) is 6.07 Å². The zero-order chi connectivity index (χ0) is 14.0. The van der Waals surface area contributed by atoms with Crippen molar-refractivity contribution in [2.24, 2.45) is 5.92 Å². The van der Waals surface area contributed by atoms with Crippen LogP contribution in [-0.4, -0.2) is 11.4 Å². The minimum Gasteiger partial charge on any atom is -0.350 e. The summed E-state index contributed by atoms with van der Waals surface area (Å²) in [6.45, 7) is 4.26. The van der Waals surface area contributed by atoms with E-state index in [1.807, 2.05) is 6.07 Å². The van der Waals surface area contributed by atoms with Gasteiger partial charge in [-0.3, -0.25) is 4.79 Å². The van der Waals surface area contributed by atoms with Gasteiger partial charge in [-0.05, 0) is 48.9 Å². The number of nitrogens with one attached hydrogen (secondary N) is 1. The molecule has 1 fully saturated rings. The molecule has 104 valence electrons. The summed E-state index contributed by atoms with van der Waals surface area (Å²) >= 11 is 3.37. The van der Waals surface area contributed by atoms with Crippen LogP contribution in [0.25, 0.3) is 0 Å². The standard InChI is InChI=1S/C15H19BrFNO/c1-10(2)8-15(6-5-14(19)18-15)9-11-7-12(16)3-4-13(11)17/h3-4,7,10H,5-6,8-9H2,1-2H3,(H,18,19). The van der Waals surface area contributed by atoms with E-state index in [4.69, 9.17) is 0 Å². The van der Waals surface area contributed by atoms with E-state index in [0.717, 1.165) is 17.3 Å². The highest BCUT2D eigenvalue weighted by Crippen LogP contribution is 2.32. The molecule has 0 aliphatic carbocycles. The molecule has 1 aliphatic rings. The Morgan fingerprint density at radius 1 is 1.47 bits per heavy atom. The molecule has 0 aromatic heterocycles. The van der Waals surface area contributed by atoms with Gasteiger partial charge >= 0.3 is 0 Å². The number of amides is 1. The number of hydrogen-bond acceptors (Lipinski definition) is 1. The highest BCUT2D eigenvalue weighted by Gasteiger charge is 2.38. The first kappa shape index (κ1) is 14.5. The van der Waals surface area contributed by atoms with Crippen molar-refractivity contribution < 1.29 is 9.18 Å². The first-order valence-corrected chi connectivity index (χ1v) is 7.44. The lowest BCUT2D eigenvalue weighted by Crippen LogP contribution is -2.44. The van der Waals surface area contributed by atoms with Crippen molar-refractivity contribution in [2.45, 2.75) is 45.1 Å². The summed E-state index contributed by atoms with van der Waals surface area (Å²) in [5, 5.41) is 3.07. The van der Waals surface area contributed by atoms with Crippen LogP contribution in [0.3, 0.4) is 0 Å². The molecule has 1 heterocycles. The summed E-state index contributed by atoms with van der Waals surface area (Å²) in [5.41, 5.74) is 0.379. The first-order valence-electron chi connectivity index (χ1n) is 6.65. The van der Waals surface area contributed by atoms with Crippen LogP contribution in [-0.2, 0) is 11.2 Å². The summed E-state index contributed by atoms with van der Waals surface area (Å²) in [5.74, 6) is 0.345. The van der Waals surface area contributed by atoms with Crippen molar-refractivity contribution in [3.63, 3.8) is 0 Å². The fourth-order valence-electron chi connectivity index (χ4n) is 2.96. The Labute approximate surface area is 121 Å². The van der Waals surface area contributed by atoms with Crippen LogP contribution < -0.4 is 5.32 Å². The van der Waals surface area contributed by atoms with Crippen LogP contribution in [0.4, 0.5) is 4.39 Å². The molecule has 2 nitrogen and oxygen atoms in total. The Kier molecular flexibility index (Phi) is 4.29. The minimum absolute atomic E-state index is 0.0797. The molecule has 0 bridgehead atoms. The second-order valence-corrected chi connectivity index (χ2v) is 6.75. The highest BCUT2D eigenvalue weighted by molar-refractivity contribution is 9.10. The average molecular weight is 328 g/mol. The van der Waals surface area contributed by atoms with Crippen molar-refractivity contribution in [1.29, 1.82) is 0 Å². The van der Waals surface area contributed by atoms with Gasteiger partial charge in [-0.25, -0.2) is 4.39 Å². The number of benzene rings is 1. The van der Waals surface area contributed by atoms with Crippen LogP contribution in [0.1, 0.15) is 38.7 Å². The Bertz CT molecular complexity index is 489. The molecule has 1 N–H and O–H groups in total. The molecule has 1 aromatic rings. The van der Waals surface area contributed by atoms with Crippen LogP contribution in [0.5, 0.6) is 0 Å². The number of rotatable bonds is 4. The molecular formula is C15H19BrFNO. The van der Waals surface area contributed by atoms with E-state index in [9.17, 15) is 9.18 Å². The normalized spacial score (nSPS) is 22.9. The van der Waals surface area contributed by atoms with Gasteiger partial charge in [0, 0.05) is 16.4 Å². The van der Waals surface area contributed by atoms with E-state index in [0.29, 0.717) is 24.3 Å². The van der Waals surface area contributed by atoms with Crippen molar-refractivity contribution >= 4 is 21.8 Å². The summed E-state index contributed by atoms with van der Waals surface area (Å²) in [6, 6.07) is 4.97. The molecule has 1 amide bonds. The maximum absolute atomic E-state index is 13.9. The monoisotopic (exact) mass is 327 g/mol. The predicted molar refractivity (Wildman–Crippen MR) is 77.4 cm³/mol. The molecule has 2 rings (SSSR count). The molecule has 19 heavy (non-hydrogen) atoms. The van der Waals surface area contributed by atoms with E-state index >= 15 is 0 Å². The van der Waals surface area contributed by atoms with E-state index in [-0.39, 0.29) is 17.3 Å². The second-order valence-electron chi connectivity index (χ2n) is 5.84. The molecule has 4 heteroatoms. The van der Waals surface area contributed by atoms with E-state index in [2.05, 4.69) is 35.1 Å². The van der Waals surface area contributed by atoms with Crippen molar-refractivity contribution in [1.82, 2.24) is 5.32 Å². The lowest BCUT2D eigenvalue weighted by Gasteiger charge is -2.31. The van der Waals surface area contributed by atoms with Crippen LogP contribution in [0, 0.1) is 11.7 Å². The Hall–Kier alpha value is -0.900. The zero-order valence-corrected chi connectivity index (χ0v) is 12.9. The highest BCUT2D eigenvalue weighted by atomic mass is 79.9. The van der Waals surface area contributed by atoms with Gasteiger partial charge in [0.1, 0.15) is 5.82 Å². The Morgan fingerprint density at radius 3 is 2.79 bits per heavy atom. The lowest BCUT2D eigenvalue weighted by atomic mass is 9.82. The van der Waals surface area contributed by atoms with Gasteiger partial charge in [0.25, 0.3) is 0 Å². The minimum atomic E-state index is -0.285. The SMILES string of the molecule is CC(C)CC1(Cc2cc(Br)ccc2F)CCC(=O)N1. The number of carbonyl (C=O) groups excluding carboxylic acids is 1. The summed E-state index contributed by atoms with van der Waals surface area (Å²) in [4.78, 5) is 11.6. The van der Waals surface area contributed by atoms with E-state index < -0.39 is 0 Å². The number of hydrogen-bond donors (Lipinski definition) is 1. The molecule has 0 radical (unpaired) electrons. The number of carbonyl (C=O) groups is 1. The van der Waals surface area contributed by atoms with Crippen LogP contribution >= 0.6 is 15.9 Å². The molecule has 1 atom stereocenters. The zero-order valence-electron chi connectivity index (χ0n) is 11.3. The predicted octanol–water partition coefficient (Wildman–Crippen LogP) is 3.83. The third kappa shape index (κ3) is 3.56. The molecular weight excluding hydrogens is 309 g/mol. The smallest absolute Gasteiger partial charge is 0.220 e. The first-order chi connectivity index (χ1) is 8.90. The number of halogens is 2. The second kappa shape index (κ2) is 5.61. The summed E-state index contributed by atoms with van der Waals surface area (Å²) < 4.78 is 14.8. The summed E-state index contributed by atoms with van der Waals surface area (Å²) in [6.07, 6.45) is 2.77. The van der Waals surface area contributed by atoms with Crippen LogP contribution in [0.2, 0.25) is 0 Å². The third-order valence-electron chi connectivity index (χ3n) is 3.57. The third-order valence-corrected chi connectivity index (χ3v) is 4.06. The van der Waals surface area contributed by atoms with E-state index in [1.54, 1.807) is 6.07 Å². The average Bonchev–Trinajstić information content (AvgIpc) is 2.64. The van der Waals surface area contributed by atoms with Gasteiger partial charge in [-0.2, -0.15) is 0 Å². The van der Waals surface area contributed by atoms with Gasteiger partial charge in [0.05, 0.1) is 0 Å². The van der Waals surface area contributed by atoms with Gasteiger partial charge in [0.2, 0.25) is 5.91 Å².